The topological polar surface area (TPSA) is 70.2 Å². The number of hydrogen-bond donors (Lipinski definition) is 0. The maximum Gasteiger partial charge on any atom is 0.270 e. The molecule has 0 saturated carbocycles. The van der Waals surface area contributed by atoms with Crippen LogP contribution in [0, 0.1) is 21.4 Å². The van der Waals surface area contributed by atoms with E-state index in [2.05, 4.69) is 22.0 Å². The van der Waals surface area contributed by atoms with Crippen LogP contribution in [0.4, 0.5) is 11.4 Å². The van der Waals surface area contributed by atoms with Crippen molar-refractivity contribution < 1.29 is 4.92 Å². The smallest absolute Gasteiger partial charge is 0.270 e. The average molecular weight is 284 g/mol. The van der Waals surface area contributed by atoms with Crippen LogP contribution in [0.2, 0.25) is 0 Å². The number of non-ortho nitro benzene ring substituents is 1. The lowest BCUT2D eigenvalue weighted by molar-refractivity contribution is -0.384. The second-order valence-electron chi connectivity index (χ2n) is 3.22. The van der Waals surface area contributed by atoms with Crippen LogP contribution < -0.4 is 4.90 Å². The lowest BCUT2D eigenvalue weighted by Gasteiger charge is -2.18. The summed E-state index contributed by atoms with van der Waals surface area (Å²) >= 11 is 3.28. The molecule has 1 rings (SSSR count). The van der Waals surface area contributed by atoms with E-state index in [1.807, 2.05) is 11.9 Å². The number of halogens is 1. The Morgan fingerprint density at radius 3 is 2.81 bits per heavy atom. The Hall–Kier alpha value is -1.61. The van der Waals surface area contributed by atoms with Gasteiger partial charge in [0.15, 0.2) is 0 Å². The summed E-state index contributed by atoms with van der Waals surface area (Å²) in [6, 6.07) is 6.62. The molecule has 0 aliphatic carbocycles. The molecule has 6 heteroatoms. The summed E-state index contributed by atoms with van der Waals surface area (Å²) in [5, 5.41) is 19.0. The van der Waals surface area contributed by atoms with Gasteiger partial charge in [-0.2, -0.15) is 5.26 Å². The summed E-state index contributed by atoms with van der Waals surface area (Å²) in [4.78, 5) is 12.0. The lowest BCUT2D eigenvalue weighted by atomic mass is 10.2. The predicted molar refractivity (Wildman–Crippen MR) is 64.3 cm³/mol. The molecule has 0 unspecified atom stereocenters. The molecule has 84 valence electrons. The van der Waals surface area contributed by atoms with Crippen LogP contribution in [0.15, 0.2) is 22.7 Å². The highest BCUT2D eigenvalue weighted by molar-refractivity contribution is 9.10. The maximum absolute atomic E-state index is 10.5. The van der Waals surface area contributed by atoms with Gasteiger partial charge >= 0.3 is 0 Å². The molecule has 1 aromatic rings. The molecule has 0 N–H and O–H groups in total. The Bertz CT molecular complexity index is 442. The minimum Gasteiger partial charge on any atom is -0.373 e. The second kappa shape index (κ2) is 5.47. The zero-order valence-electron chi connectivity index (χ0n) is 8.68. The minimum absolute atomic E-state index is 0.0457. The van der Waals surface area contributed by atoms with Gasteiger partial charge in [-0.1, -0.05) is 0 Å². The molecule has 0 fully saturated rings. The van der Waals surface area contributed by atoms with Gasteiger partial charge in [-0.3, -0.25) is 10.1 Å². The number of hydrogen-bond acceptors (Lipinski definition) is 4. The molecule has 0 aromatic heterocycles. The van der Waals surface area contributed by atoms with Crippen LogP contribution in [0.25, 0.3) is 0 Å². The molecule has 0 atom stereocenters. The van der Waals surface area contributed by atoms with E-state index >= 15 is 0 Å². The SMILES string of the molecule is CN(CCC#N)c1ccc([N+](=O)[O-])cc1Br. The maximum atomic E-state index is 10.5. The second-order valence-corrected chi connectivity index (χ2v) is 4.08. The van der Waals surface area contributed by atoms with Gasteiger partial charge in [-0.15, -0.1) is 0 Å². The van der Waals surface area contributed by atoms with Crippen LogP contribution in [0.5, 0.6) is 0 Å². The molecule has 0 amide bonds. The van der Waals surface area contributed by atoms with Crippen molar-refractivity contribution in [2.75, 3.05) is 18.5 Å². The molecule has 0 bridgehead atoms. The van der Waals surface area contributed by atoms with E-state index < -0.39 is 4.92 Å². The largest absolute Gasteiger partial charge is 0.373 e. The number of nitrogens with zero attached hydrogens (tertiary/aromatic N) is 3. The van der Waals surface area contributed by atoms with Gasteiger partial charge in [0.1, 0.15) is 0 Å². The van der Waals surface area contributed by atoms with Gasteiger partial charge in [0.05, 0.1) is 23.1 Å². The number of nitro groups is 1. The van der Waals surface area contributed by atoms with Crippen molar-refractivity contribution in [2.24, 2.45) is 0 Å². The Kier molecular flexibility index (Phi) is 4.26. The molecule has 0 saturated heterocycles. The van der Waals surface area contributed by atoms with Gasteiger partial charge in [0.2, 0.25) is 0 Å². The van der Waals surface area contributed by atoms with E-state index in [0.29, 0.717) is 17.4 Å². The van der Waals surface area contributed by atoms with Crippen LogP contribution in [-0.4, -0.2) is 18.5 Å². The van der Waals surface area contributed by atoms with Crippen LogP contribution >= 0.6 is 15.9 Å². The lowest BCUT2D eigenvalue weighted by Crippen LogP contribution is -2.18. The van der Waals surface area contributed by atoms with E-state index in [0.717, 1.165) is 5.69 Å². The van der Waals surface area contributed by atoms with Crippen molar-refractivity contribution in [3.63, 3.8) is 0 Å². The summed E-state index contributed by atoms with van der Waals surface area (Å²) in [6.07, 6.45) is 0.417. The summed E-state index contributed by atoms with van der Waals surface area (Å²) in [5.41, 5.74) is 0.880. The van der Waals surface area contributed by atoms with Crippen LogP contribution in [0.3, 0.4) is 0 Å². The normalized spacial score (nSPS) is 9.56. The molecule has 16 heavy (non-hydrogen) atoms. The molecule has 5 nitrogen and oxygen atoms in total. The highest BCUT2D eigenvalue weighted by Crippen LogP contribution is 2.29. The van der Waals surface area contributed by atoms with Crippen LogP contribution in [-0.2, 0) is 0 Å². The number of nitriles is 1. The van der Waals surface area contributed by atoms with Gasteiger partial charge in [-0.05, 0) is 22.0 Å². The van der Waals surface area contributed by atoms with Crippen molar-refractivity contribution in [1.82, 2.24) is 0 Å². The van der Waals surface area contributed by atoms with Crippen LogP contribution in [0.1, 0.15) is 6.42 Å². The highest BCUT2D eigenvalue weighted by Gasteiger charge is 2.11. The molecule has 0 aliphatic rings. The van der Waals surface area contributed by atoms with Gasteiger partial charge in [0.25, 0.3) is 5.69 Å². The Labute approximate surface area is 102 Å². The molecule has 0 heterocycles. The van der Waals surface area contributed by atoms with Crippen molar-refractivity contribution in [1.29, 1.82) is 5.26 Å². The van der Waals surface area contributed by atoms with E-state index in [-0.39, 0.29) is 5.69 Å². The standard InChI is InChI=1S/C10H10BrN3O2/c1-13(6-2-5-12)10-4-3-8(14(15)16)7-9(10)11/h3-4,7H,2,6H2,1H3. The first-order chi connectivity index (χ1) is 7.56. The van der Waals surface area contributed by atoms with Crippen molar-refractivity contribution in [3.8, 4) is 6.07 Å². The summed E-state index contributed by atoms with van der Waals surface area (Å²) < 4.78 is 0.655. The number of anilines is 1. The number of nitro benzene ring substituents is 1. The van der Waals surface area contributed by atoms with Gasteiger partial charge < -0.3 is 4.90 Å². The molecule has 0 aliphatic heterocycles. The zero-order valence-corrected chi connectivity index (χ0v) is 10.3. The van der Waals surface area contributed by atoms with E-state index in [1.165, 1.54) is 12.1 Å². The first-order valence-electron chi connectivity index (χ1n) is 4.58. The third-order valence-electron chi connectivity index (χ3n) is 2.11. The monoisotopic (exact) mass is 283 g/mol. The third-order valence-corrected chi connectivity index (χ3v) is 2.75. The van der Waals surface area contributed by atoms with Gasteiger partial charge in [0, 0.05) is 30.2 Å². The molecular formula is C10H10BrN3O2. The summed E-state index contributed by atoms with van der Waals surface area (Å²) in [6.45, 7) is 0.590. The first kappa shape index (κ1) is 12.5. The molecular weight excluding hydrogens is 274 g/mol. The number of rotatable bonds is 4. The fourth-order valence-electron chi connectivity index (χ4n) is 1.26. The fourth-order valence-corrected chi connectivity index (χ4v) is 1.93. The Morgan fingerprint density at radius 2 is 2.31 bits per heavy atom. The van der Waals surface area contributed by atoms with E-state index in [1.54, 1.807) is 6.07 Å². The van der Waals surface area contributed by atoms with Crippen molar-refractivity contribution in [3.05, 3.63) is 32.8 Å². The summed E-state index contributed by atoms with van der Waals surface area (Å²) in [5.74, 6) is 0. The van der Waals surface area contributed by atoms with Crippen molar-refractivity contribution in [2.45, 2.75) is 6.42 Å². The molecule has 0 spiro atoms. The number of benzene rings is 1. The quantitative estimate of drug-likeness (QED) is 0.629. The molecule has 0 radical (unpaired) electrons. The molecule has 1 aromatic carbocycles. The van der Waals surface area contributed by atoms with Gasteiger partial charge in [-0.25, -0.2) is 0 Å². The van der Waals surface area contributed by atoms with Crippen molar-refractivity contribution >= 4 is 27.3 Å². The summed E-state index contributed by atoms with van der Waals surface area (Å²) in [7, 11) is 1.84. The third kappa shape index (κ3) is 2.94. The zero-order chi connectivity index (χ0) is 12.1. The Balaban J connectivity index is 2.91. The predicted octanol–water partition coefficient (Wildman–Crippen LogP) is 2.71. The average Bonchev–Trinajstić information content (AvgIpc) is 2.25. The fraction of sp³-hybridized carbons (Fsp3) is 0.300. The first-order valence-corrected chi connectivity index (χ1v) is 5.37. The Morgan fingerprint density at radius 1 is 1.62 bits per heavy atom. The highest BCUT2D eigenvalue weighted by atomic mass is 79.9. The van der Waals surface area contributed by atoms with E-state index in [9.17, 15) is 10.1 Å². The van der Waals surface area contributed by atoms with E-state index in [4.69, 9.17) is 5.26 Å². The minimum atomic E-state index is -0.441.